The Bertz CT molecular complexity index is 490. The van der Waals surface area contributed by atoms with Gasteiger partial charge in [-0.05, 0) is 6.92 Å². The zero-order valence-corrected chi connectivity index (χ0v) is 10.9. The van der Waals surface area contributed by atoms with Crippen LogP contribution in [-0.2, 0) is 4.74 Å². The minimum atomic E-state index is -0.255. The van der Waals surface area contributed by atoms with Crippen LogP contribution >= 0.6 is 0 Å². The van der Waals surface area contributed by atoms with Crippen LogP contribution in [-0.4, -0.2) is 53.7 Å². The van der Waals surface area contributed by atoms with E-state index >= 15 is 0 Å². The number of ether oxygens (including phenoxy) is 1. The van der Waals surface area contributed by atoms with Crippen molar-refractivity contribution < 1.29 is 9.53 Å². The summed E-state index contributed by atoms with van der Waals surface area (Å²) in [6.45, 7) is 4.86. The molecule has 6 heteroatoms. The van der Waals surface area contributed by atoms with Crippen molar-refractivity contribution in [3.05, 3.63) is 18.1 Å². The van der Waals surface area contributed by atoms with Gasteiger partial charge in [0, 0.05) is 32.2 Å². The molecule has 0 radical (unpaired) electrons. The summed E-state index contributed by atoms with van der Waals surface area (Å²) in [7, 11) is 0. The third kappa shape index (κ3) is 3.13. The van der Waals surface area contributed by atoms with Gasteiger partial charge in [0.2, 0.25) is 0 Å². The predicted octanol–water partition coefficient (Wildman–Crippen LogP) is 0.736. The van der Waals surface area contributed by atoms with Crippen molar-refractivity contribution in [2.45, 2.75) is 6.92 Å². The zero-order valence-electron chi connectivity index (χ0n) is 10.9. The standard InChI is InChI=1S/C13H16N4O2/c1-3-11-9-12(15-10-14-11)16-5-7-17(8-6-16)13(18)19-4-2/h1,9-10H,4-8H2,2H3. The Morgan fingerprint density at radius 1 is 1.42 bits per heavy atom. The molecule has 0 spiro atoms. The van der Waals surface area contributed by atoms with Gasteiger partial charge in [-0.2, -0.15) is 0 Å². The van der Waals surface area contributed by atoms with E-state index in [0.717, 1.165) is 5.82 Å². The van der Waals surface area contributed by atoms with Crippen molar-refractivity contribution in [1.82, 2.24) is 14.9 Å². The summed E-state index contributed by atoms with van der Waals surface area (Å²) in [5, 5.41) is 0. The van der Waals surface area contributed by atoms with Gasteiger partial charge in [0.05, 0.1) is 6.61 Å². The monoisotopic (exact) mass is 260 g/mol. The molecular weight excluding hydrogens is 244 g/mol. The first-order valence-corrected chi connectivity index (χ1v) is 6.20. The number of hydrogen-bond acceptors (Lipinski definition) is 5. The zero-order chi connectivity index (χ0) is 13.7. The van der Waals surface area contributed by atoms with Crippen molar-refractivity contribution in [3.63, 3.8) is 0 Å². The van der Waals surface area contributed by atoms with Gasteiger partial charge < -0.3 is 14.5 Å². The maximum atomic E-state index is 11.6. The molecule has 2 rings (SSSR count). The van der Waals surface area contributed by atoms with Crippen molar-refractivity contribution in [3.8, 4) is 12.3 Å². The van der Waals surface area contributed by atoms with E-state index in [1.54, 1.807) is 17.9 Å². The fourth-order valence-corrected chi connectivity index (χ4v) is 1.93. The number of hydrogen-bond donors (Lipinski definition) is 0. The summed E-state index contributed by atoms with van der Waals surface area (Å²) >= 11 is 0. The first kappa shape index (κ1) is 13.1. The maximum absolute atomic E-state index is 11.6. The van der Waals surface area contributed by atoms with Crippen molar-refractivity contribution in [2.75, 3.05) is 37.7 Å². The predicted molar refractivity (Wildman–Crippen MR) is 70.8 cm³/mol. The summed E-state index contributed by atoms with van der Waals surface area (Å²) in [5.74, 6) is 3.29. The van der Waals surface area contributed by atoms with E-state index in [9.17, 15) is 4.79 Å². The van der Waals surface area contributed by atoms with Crippen LogP contribution in [0.5, 0.6) is 0 Å². The number of aromatic nitrogens is 2. The van der Waals surface area contributed by atoms with Crippen LogP contribution in [0.2, 0.25) is 0 Å². The lowest BCUT2D eigenvalue weighted by atomic mass is 10.3. The first-order valence-electron chi connectivity index (χ1n) is 6.20. The molecule has 0 unspecified atom stereocenters. The summed E-state index contributed by atoms with van der Waals surface area (Å²) < 4.78 is 4.98. The van der Waals surface area contributed by atoms with Gasteiger partial charge >= 0.3 is 6.09 Å². The fraction of sp³-hybridized carbons (Fsp3) is 0.462. The lowest BCUT2D eigenvalue weighted by molar-refractivity contribution is 0.105. The van der Waals surface area contributed by atoms with Crippen LogP contribution in [0.3, 0.4) is 0 Å². The summed E-state index contributed by atoms with van der Waals surface area (Å²) in [5.41, 5.74) is 0.567. The number of carbonyl (C=O) groups is 1. The Morgan fingerprint density at radius 2 is 2.16 bits per heavy atom. The molecule has 0 saturated carbocycles. The van der Waals surface area contributed by atoms with E-state index < -0.39 is 0 Å². The average Bonchev–Trinajstić information content (AvgIpc) is 2.48. The van der Waals surface area contributed by atoms with E-state index in [1.165, 1.54) is 6.33 Å². The second kappa shape index (κ2) is 6.05. The second-order valence-electron chi connectivity index (χ2n) is 4.08. The van der Waals surface area contributed by atoms with Crippen LogP contribution in [0.1, 0.15) is 12.6 Å². The van der Waals surface area contributed by atoms with Crippen LogP contribution in [0.25, 0.3) is 0 Å². The average molecular weight is 260 g/mol. The van der Waals surface area contributed by atoms with Gasteiger partial charge in [-0.15, -0.1) is 6.42 Å². The summed E-state index contributed by atoms with van der Waals surface area (Å²) in [6, 6.07) is 1.78. The molecule has 6 nitrogen and oxygen atoms in total. The van der Waals surface area contributed by atoms with Crippen LogP contribution in [0.15, 0.2) is 12.4 Å². The number of nitrogens with zero attached hydrogens (tertiary/aromatic N) is 4. The van der Waals surface area contributed by atoms with Gasteiger partial charge in [0.15, 0.2) is 0 Å². The SMILES string of the molecule is C#Cc1cc(N2CCN(C(=O)OCC)CC2)ncn1. The number of rotatable bonds is 2. The minimum Gasteiger partial charge on any atom is -0.450 e. The molecule has 1 aromatic heterocycles. The van der Waals surface area contributed by atoms with Crippen molar-refractivity contribution >= 4 is 11.9 Å². The molecule has 1 aromatic rings. The van der Waals surface area contributed by atoms with Crippen molar-refractivity contribution in [2.24, 2.45) is 0 Å². The molecule has 0 bridgehead atoms. The molecule has 1 aliphatic rings. The quantitative estimate of drug-likeness (QED) is 0.734. The first-order chi connectivity index (χ1) is 9.24. The van der Waals surface area contributed by atoms with E-state index in [1.807, 2.05) is 0 Å². The normalized spacial score (nSPS) is 14.9. The van der Waals surface area contributed by atoms with Crippen LogP contribution in [0, 0.1) is 12.3 Å². The largest absolute Gasteiger partial charge is 0.450 e. The van der Waals surface area contributed by atoms with Gasteiger partial charge in [0.1, 0.15) is 17.8 Å². The van der Waals surface area contributed by atoms with E-state index in [-0.39, 0.29) is 6.09 Å². The number of terminal acetylenes is 1. The summed E-state index contributed by atoms with van der Waals surface area (Å²) in [4.78, 5) is 23.5. The Balaban J connectivity index is 1.96. The summed E-state index contributed by atoms with van der Waals surface area (Å²) in [6.07, 6.45) is 6.52. The highest BCUT2D eigenvalue weighted by Crippen LogP contribution is 2.14. The highest BCUT2D eigenvalue weighted by atomic mass is 16.6. The maximum Gasteiger partial charge on any atom is 0.409 e. The Morgan fingerprint density at radius 3 is 2.79 bits per heavy atom. The third-order valence-corrected chi connectivity index (χ3v) is 2.93. The topological polar surface area (TPSA) is 58.6 Å². The number of anilines is 1. The molecule has 0 N–H and O–H groups in total. The van der Waals surface area contributed by atoms with E-state index in [4.69, 9.17) is 11.2 Å². The number of carbonyl (C=O) groups excluding carboxylic acids is 1. The molecule has 1 aliphatic heterocycles. The number of piperazine rings is 1. The smallest absolute Gasteiger partial charge is 0.409 e. The second-order valence-corrected chi connectivity index (χ2v) is 4.08. The fourth-order valence-electron chi connectivity index (χ4n) is 1.93. The van der Waals surface area contributed by atoms with Gasteiger partial charge in [-0.3, -0.25) is 0 Å². The molecule has 1 amide bonds. The minimum absolute atomic E-state index is 0.255. The number of amides is 1. The van der Waals surface area contributed by atoms with Crippen LogP contribution < -0.4 is 4.90 Å². The molecule has 100 valence electrons. The van der Waals surface area contributed by atoms with Crippen LogP contribution in [0.4, 0.5) is 10.6 Å². The van der Waals surface area contributed by atoms with E-state index in [2.05, 4.69) is 20.8 Å². The molecule has 2 heterocycles. The van der Waals surface area contributed by atoms with Crippen molar-refractivity contribution in [1.29, 1.82) is 0 Å². The molecule has 19 heavy (non-hydrogen) atoms. The molecular formula is C13H16N4O2. The highest BCUT2D eigenvalue weighted by molar-refractivity contribution is 5.68. The molecule has 0 atom stereocenters. The highest BCUT2D eigenvalue weighted by Gasteiger charge is 2.22. The lowest BCUT2D eigenvalue weighted by Crippen LogP contribution is -2.49. The lowest BCUT2D eigenvalue weighted by Gasteiger charge is -2.34. The third-order valence-electron chi connectivity index (χ3n) is 2.93. The van der Waals surface area contributed by atoms with Gasteiger partial charge in [-0.1, -0.05) is 5.92 Å². The molecule has 1 fully saturated rings. The molecule has 0 aromatic carbocycles. The van der Waals surface area contributed by atoms with E-state index in [0.29, 0.717) is 38.5 Å². The Hall–Kier alpha value is -2.29. The van der Waals surface area contributed by atoms with Gasteiger partial charge in [-0.25, -0.2) is 14.8 Å². The Kier molecular flexibility index (Phi) is 4.18. The van der Waals surface area contributed by atoms with Gasteiger partial charge in [0.25, 0.3) is 0 Å². The Labute approximate surface area is 112 Å². The molecule has 1 saturated heterocycles. The molecule has 0 aliphatic carbocycles.